The Hall–Kier alpha value is -1.01. The van der Waals surface area contributed by atoms with Crippen LogP contribution >= 0.6 is 0 Å². The lowest BCUT2D eigenvalue weighted by Crippen LogP contribution is -2.33. The van der Waals surface area contributed by atoms with Crippen LogP contribution in [0, 0.1) is 6.92 Å². The normalized spacial score (nSPS) is 11.6. The molecule has 1 heterocycles. The molecule has 0 aliphatic rings. The number of rotatable bonds is 1. The first-order chi connectivity index (χ1) is 5.41. The van der Waals surface area contributed by atoms with Crippen LogP contribution in [0.15, 0.2) is 17.3 Å². The summed E-state index contributed by atoms with van der Waals surface area (Å²) in [5.41, 5.74) is 0.364. The van der Waals surface area contributed by atoms with Gasteiger partial charge in [-0.3, -0.25) is 0 Å². The molecule has 1 aromatic heterocycles. The summed E-state index contributed by atoms with van der Waals surface area (Å²) in [5, 5.41) is 3.77. The van der Waals surface area contributed by atoms with Crippen molar-refractivity contribution in [2.45, 2.75) is 11.8 Å². The molecule has 0 amide bonds. The van der Waals surface area contributed by atoms with Crippen LogP contribution in [0.1, 0.15) is 5.56 Å². The van der Waals surface area contributed by atoms with E-state index in [9.17, 15) is 13.0 Å². The van der Waals surface area contributed by atoms with E-state index in [-0.39, 0.29) is 4.90 Å². The number of aryl methyl sites for hydroxylation is 2. The highest BCUT2D eigenvalue weighted by Crippen LogP contribution is 2.08. The minimum absolute atomic E-state index is 0.222. The van der Waals surface area contributed by atoms with Gasteiger partial charge in [0.05, 0.1) is 6.20 Å². The van der Waals surface area contributed by atoms with Crippen LogP contribution in [0.4, 0.5) is 0 Å². The number of hydrogen-bond acceptors (Lipinski definition) is 4. The molecule has 0 saturated carbocycles. The fourth-order valence-electron chi connectivity index (χ4n) is 0.808. The monoisotopic (exact) mass is 188 g/mol. The van der Waals surface area contributed by atoms with Crippen LogP contribution in [0.3, 0.4) is 0 Å². The van der Waals surface area contributed by atoms with E-state index in [0.29, 0.717) is 5.56 Å². The summed E-state index contributed by atoms with van der Waals surface area (Å²) in [6.45, 7) is 1.53. The maximum atomic E-state index is 10.6. The first kappa shape index (κ1) is 9.08. The van der Waals surface area contributed by atoms with Crippen molar-refractivity contribution in [3.05, 3.63) is 18.0 Å². The van der Waals surface area contributed by atoms with E-state index in [0.717, 1.165) is 0 Å². The molecule has 0 aliphatic carbocycles. The van der Waals surface area contributed by atoms with Gasteiger partial charge in [0.15, 0.2) is 7.05 Å². The zero-order valence-electron chi connectivity index (χ0n) is 6.68. The maximum Gasteiger partial charge on any atom is 0.213 e. The number of nitrogens with zero attached hydrogens (tertiary/aromatic N) is 2. The summed E-state index contributed by atoms with van der Waals surface area (Å²) < 4.78 is 33.1. The largest absolute Gasteiger partial charge is 0.744 e. The maximum absolute atomic E-state index is 10.6. The molecule has 1 aromatic rings. The Labute approximate surface area is 70.4 Å². The molecular weight excluding hydrogens is 180 g/mol. The van der Waals surface area contributed by atoms with Gasteiger partial charge in [0.25, 0.3) is 0 Å². The molecule has 66 valence electrons. The molecule has 0 aliphatic heterocycles. The summed E-state index contributed by atoms with van der Waals surface area (Å²) in [6.07, 6.45) is 2.53. The minimum Gasteiger partial charge on any atom is -0.744 e. The van der Waals surface area contributed by atoms with Crippen molar-refractivity contribution in [1.29, 1.82) is 0 Å². The van der Waals surface area contributed by atoms with E-state index < -0.39 is 10.1 Å². The predicted octanol–water partition coefficient (Wildman–Crippen LogP) is -0.881. The van der Waals surface area contributed by atoms with Crippen molar-refractivity contribution in [1.82, 2.24) is 5.10 Å². The highest BCUT2D eigenvalue weighted by Gasteiger charge is 2.10. The Kier molecular flexibility index (Phi) is 2.12. The average Bonchev–Trinajstić information content (AvgIpc) is 1.92. The summed E-state index contributed by atoms with van der Waals surface area (Å²) in [5.74, 6) is 0. The van der Waals surface area contributed by atoms with Gasteiger partial charge in [-0.1, -0.05) is 4.68 Å². The number of aromatic nitrogens is 2. The van der Waals surface area contributed by atoms with Gasteiger partial charge >= 0.3 is 0 Å². The molecule has 6 heteroatoms. The van der Waals surface area contributed by atoms with E-state index in [1.54, 1.807) is 7.05 Å². The van der Waals surface area contributed by atoms with Crippen LogP contribution in [0.25, 0.3) is 0 Å². The molecule has 0 aromatic carbocycles. The Morgan fingerprint density at radius 2 is 2.17 bits per heavy atom. The number of hydrogen-bond donors (Lipinski definition) is 0. The molecule has 0 radical (unpaired) electrons. The molecule has 0 fully saturated rings. The van der Waals surface area contributed by atoms with Crippen molar-refractivity contribution < 1.29 is 17.7 Å². The topological polar surface area (TPSA) is 74.0 Å². The van der Waals surface area contributed by atoms with Crippen molar-refractivity contribution >= 4 is 10.1 Å². The fourth-order valence-corrected chi connectivity index (χ4v) is 1.54. The molecule has 5 nitrogen and oxygen atoms in total. The fraction of sp³-hybridized carbons (Fsp3) is 0.333. The zero-order chi connectivity index (χ0) is 9.35. The molecular formula is C6H8N2O3S. The van der Waals surface area contributed by atoms with Crippen LogP contribution in [0.2, 0.25) is 0 Å². The second kappa shape index (κ2) is 2.80. The van der Waals surface area contributed by atoms with E-state index in [2.05, 4.69) is 5.10 Å². The van der Waals surface area contributed by atoms with Crippen molar-refractivity contribution in [2.75, 3.05) is 0 Å². The summed E-state index contributed by atoms with van der Waals surface area (Å²) in [4.78, 5) is -0.222. The summed E-state index contributed by atoms with van der Waals surface area (Å²) in [7, 11) is -2.82. The second-order valence-electron chi connectivity index (χ2n) is 2.45. The first-order valence-corrected chi connectivity index (χ1v) is 4.60. The third-order valence-corrected chi connectivity index (χ3v) is 2.36. The Balaban J connectivity index is 3.43. The van der Waals surface area contributed by atoms with Crippen LogP contribution in [-0.4, -0.2) is 18.1 Å². The minimum atomic E-state index is -4.37. The van der Waals surface area contributed by atoms with Crippen LogP contribution in [0.5, 0.6) is 0 Å². The van der Waals surface area contributed by atoms with Gasteiger partial charge in [0.2, 0.25) is 6.20 Å². The van der Waals surface area contributed by atoms with Crippen LogP contribution < -0.4 is 4.68 Å². The summed E-state index contributed by atoms with van der Waals surface area (Å²) in [6, 6.07) is 0. The standard InChI is InChI=1S/C6H8N2O3S/c1-5-3-7-8(2)4-6(5)12(9,10)11/h3-4H,1-2H3. The van der Waals surface area contributed by atoms with E-state index >= 15 is 0 Å². The predicted molar refractivity (Wildman–Crippen MR) is 38.1 cm³/mol. The van der Waals surface area contributed by atoms with E-state index in [4.69, 9.17) is 0 Å². The van der Waals surface area contributed by atoms with E-state index in [1.165, 1.54) is 24.0 Å². The lowest BCUT2D eigenvalue weighted by Gasteiger charge is -2.06. The van der Waals surface area contributed by atoms with Gasteiger partial charge in [-0.05, 0) is 17.6 Å². The quantitative estimate of drug-likeness (QED) is 0.423. The van der Waals surface area contributed by atoms with Gasteiger partial charge in [-0.15, -0.1) is 0 Å². The third-order valence-electron chi connectivity index (χ3n) is 1.40. The van der Waals surface area contributed by atoms with Crippen molar-refractivity contribution in [3.63, 3.8) is 0 Å². The van der Waals surface area contributed by atoms with Gasteiger partial charge < -0.3 is 4.55 Å². The Bertz CT molecular complexity index is 399. The lowest BCUT2D eigenvalue weighted by molar-refractivity contribution is -0.732. The molecule has 12 heavy (non-hydrogen) atoms. The smallest absolute Gasteiger partial charge is 0.213 e. The molecule has 0 saturated heterocycles. The Morgan fingerprint density at radius 1 is 1.58 bits per heavy atom. The molecule has 0 bridgehead atoms. The van der Waals surface area contributed by atoms with E-state index in [1.807, 2.05) is 0 Å². The third kappa shape index (κ3) is 1.77. The molecule has 0 unspecified atom stereocenters. The molecule has 0 atom stereocenters. The van der Waals surface area contributed by atoms with Gasteiger partial charge in [0, 0.05) is 0 Å². The van der Waals surface area contributed by atoms with Gasteiger partial charge in [-0.2, -0.15) is 0 Å². The highest BCUT2D eigenvalue weighted by atomic mass is 32.2. The second-order valence-corrected chi connectivity index (χ2v) is 3.80. The zero-order valence-corrected chi connectivity index (χ0v) is 7.50. The van der Waals surface area contributed by atoms with Crippen LogP contribution in [-0.2, 0) is 17.2 Å². The van der Waals surface area contributed by atoms with Gasteiger partial charge in [0.1, 0.15) is 15.0 Å². The SMILES string of the molecule is Cc1cn[n+](C)cc1S(=O)(=O)[O-]. The van der Waals surface area contributed by atoms with Gasteiger partial charge in [-0.25, -0.2) is 8.42 Å². The molecule has 0 N–H and O–H groups in total. The molecule has 1 rings (SSSR count). The first-order valence-electron chi connectivity index (χ1n) is 3.20. The Morgan fingerprint density at radius 3 is 2.58 bits per heavy atom. The lowest BCUT2D eigenvalue weighted by atomic mass is 10.4. The van der Waals surface area contributed by atoms with Crippen molar-refractivity contribution in [2.24, 2.45) is 7.05 Å². The van der Waals surface area contributed by atoms with Crippen molar-refractivity contribution in [3.8, 4) is 0 Å². The summed E-state index contributed by atoms with van der Waals surface area (Å²) >= 11 is 0. The molecule has 0 spiro atoms. The highest BCUT2D eigenvalue weighted by molar-refractivity contribution is 7.85. The average molecular weight is 188 g/mol.